The molecule has 2 aromatic carbocycles. The molecule has 4 N–H and O–H groups in total. The number of anilines is 1. The van der Waals surface area contributed by atoms with E-state index in [9.17, 15) is 23.2 Å². The Labute approximate surface area is 225 Å². The number of nitrogens with two attached hydrogens (primary N) is 1. The molecular weight excluding hydrogens is 508 g/mol. The number of nitrogens with one attached hydrogen (secondary N) is 2. The van der Waals surface area contributed by atoms with Gasteiger partial charge in [-0.25, -0.2) is 13.8 Å². The van der Waals surface area contributed by atoms with Crippen molar-refractivity contribution < 1.29 is 27.9 Å². The molecule has 0 spiro atoms. The largest absolute Gasteiger partial charge is 0.375 e. The molecule has 39 heavy (non-hydrogen) atoms. The molecule has 11 heteroatoms. The summed E-state index contributed by atoms with van der Waals surface area (Å²) in [5.74, 6) is -2.45. The molecule has 0 radical (unpaired) electrons. The lowest BCUT2D eigenvalue weighted by Gasteiger charge is -2.24. The Kier molecular flexibility index (Phi) is 10.0. The maximum absolute atomic E-state index is 14.2. The smallest absolute Gasteiger partial charge is 0.239 e. The number of carbonyl (C=O) groups excluding carboxylic acids is 3. The number of hydrogen-bond donors (Lipinski definition) is 3. The lowest BCUT2D eigenvalue weighted by Crippen LogP contribution is -2.53. The standard InChI is InChI=1S/C28H33F2N5O4/c1-18(36)24(11-20-9-10-21(29)12-23(20)30)35-14-25(32-17-35)34-26(37)13-22(33-27(38)28(2,3)31)16-39-15-19-7-5-4-6-8-19/h4-10,12,14,17,22,24H,11,13,15-16,31H2,1-3H3,(H,33,38)(H,34,37)/t22-,24?/m0/s1. The molecule has 2 atom stereocenters. The van der Waals surface area contributed by atoms with E-state index in [1.165, 1.54) is 30.1 Å². The first-order valence-electron chi connectivity index (χ1n) is 12.4. The summed E-state index contributed by atoms with van der Waals surface area (Å²) in [5.41, 5.74) is 5.85. The van der Waals surface area contributed by atoms with Gasteiger partial charge >= 0.3 is 0 Å². The molecule has 0 aliphatic heterocycles. The van der Waals surface area contributed by atoms with Crippen LogP contribution >= 0.6 is 0 Å². The van der Waals surface area contributed by atoms with Crippen molar-refractivity contribution in [3.05, 3.63) is 83.8 Å². The number of benzene rings is 2. The van der Waals surface area contributed by atoms with Crippen LogP contribution in [-0.2, 0) is 32.1 Å². The first-order chi connectivity index (χ1) is 18.4. The molecule has 2 amide bonds. The Balaban J connectivity index is 1.64. The van der Waals surface area contributed by atoms with Crippen LogP contribution in [0.1, 0.15) is 44.4 Å². The van der Waals surface area contributed by atoms with Gasteiger partial charge in [0.1, 0.15) is 11.6 Å². The summed E-state index contributed by atoms with van der Waals surface area (Å²) < 4.78 is 34.6. The van der Waals surface area contributed by atoms with Crippen LogP contribution in [0.5, 0.6) is 0 Å². The molecule has 208 valence electrons. The minimum atomic E-state index is -1.15. The highest BCUT2D eigenvalue weighted by molar-refractivity contribution is 5.91. The summed E-state index contributed by atoms with van der Waals surface area (Å²) in [7, 11) is 0. The second-order valence-electron chi connectivity index (χ2n) is 9.92. The fraction of sp³-hybridized carbons (Fsp3) is 0.357. The summed E-state index contributed by atoms with van der Waals surface area (Å²) in [6.07, 6.45) is 2.66. The van der Waals surface area contributed by atoms with E-state index in [0.29, 0.717) is 6.61 Å². The fourth-order valence-electron chi connectivity index (χ4n) is 3.76. The highest BCUT2D eigenvalue weighted by Crippen LogP contribution is 2.20. The maximum Gasteiger partial charge on any atom is 0.239 e. The van der Waals surface area contributed by atoms with E-state index in [0.717, 1.165) is 17.7 Å². The predicted molar refractivity (Wildman–Crippen MR) is 142 cm³/mol. The maximum atomic E-state index is 14.2. The topological polar surface area (TPSA) is 128 Å². The first kappa shape index (κ1) is 29.6. The summed E-state index contributed by atoms with van der Waals surface area (Å²) in [5, 5.41) is 5.40. The molecule has 0 bridgehead atoms. The molecule has 0 aliphatic rings. The van der Waals surface area contributed by atoms with Crippen molar-refractivity contribution in [1.29, 1.82) is 0 Å². The van der Waals surface area contributed by atoms with E-state index in [2.05, 4.69) is 15.6 Å². The van der Waals surface area contributed by atoms with E-state index < -0.39 is 41.1 Å². The lowest BCUT2D eigenvalue weighted by atomic mass is 10.0. The lowest BCUT2D eigenvalue weighted by molar-refractivity contribution is -0.127. The molecule has 1 heterocycles. The summed E-state index contributed by atoms with van der Waals surface area (Å²) >= 11 is 0. The second kappa shape index (κ2) is 13.2. The monoisotopic (exact) mass is 541 g/mol. The van der Waals surface area contributed by atoms with Gasteiger partial charge in [0.15, 0.2) is 11.6 Å². The van der Waals surface area contributed by atoms with Crippen LogP contribution in [0, 0.1) is 11.6 Å². The van der Waals surface area contributed by atoms with E-state index in [-0.39, 0.29) is 36.6 Å². The minimum absolute atomic E-state index is 0.0209. The van der Waals surface area contributed by atoms with E-state index in [4.69, 9.17) is 10.5 Å². The summed E-state index contributed by atoms with van der Waals surface area (Å²) in [6, 6.07) is 11.2. The zero-order valence-corrected chi connectivity index (χ0v) is 22.1. The van der Waals surface area contributed by atoms with Gasteiger partial charge in [-0.1, -0.05) is 36.4 Å². The van der Waals surface area contributed by atoms with Crippen molar-refractivity contribution in [3.8, 4) is 0 Å². The predicted octanol–water partition coefficient (Wildman–Crippen LogP) is 3.30. The third-order valence-corrected chi connectivity index (χ3v) is 5.91. The number of Topliss-reactive ketones (excluding diaryl/α,β-unsaturated/α-hetero) is 1. The van der Waals surface area contributed by atoms with Crippen molar-refractivity contribution in [3.63, 3.8) is 0 Å². The van der Waals surface area contributed by atoms with Gasteiger partial charge in [0.25, 0.3) is 0 Å². The number of ether oxygens (including phenoxy) is 1. The first-order valence-corrected chi connectivity index (χ1v) is 12.4. The Bertz CT molecular complexity index is 1290. The minimum Gasteiger partial charge on any atom is -0.375 e. The number of amides is 2. The Morgan fingerprint density at radius 3 is 2.49 bits per heavy atom. The van der Waals surface area contributed by atoms with Crippen LogP contribution in [0.15, 0.2) is 61.1 Å². The van der Waals surface area contributed by atoms with Gasteiger partial charge in [-0.15, -0.1) is 0 Å². The van der Waals surface area contributed by atoms with Crippen molar-refractivity contribution in [2.45, 2.75) is 57.8 Å². The zero-order valence-electron chi connectivity index (χ0n) is 22.1. The van der Waals surface area contributed by atoms with Crippen LogP contribution in [-0.4, -0.2) is 45.3 Å². The average molecular weight is 542 g/mol. The molecule has 1 unspecified atom stereocenters. The number of halogens is 2. The number of carbonyl (C=O) groups is 3. The molecule has 3 aromatic rings. The van der Waals surface area contributed by atoms with Gasteiger partial charge in [-0.2, -0.15) is 0 Å². The number of aromatic nitrogens is 2. The van der Waals surface area contributed by atoms with Gasteiger partial charge in [0.2, 0.25) is 11.8 Å². The molecule has 3 rings (SSSR count). The third kappa shape index (κ3) is 9.08. The Morgan fingerprint density at radius 2 is 1.85 bits per heavy atom. The van der Waals surface area contributed by atoms with Gasteiger partial charge in [-0.3, -0.25) is 14.4 Å². The number of ketones is 1. The van der Waals surface area contributed by atoms with Crippen molar-refractivity contribution in [1.82, 2.24) is 14.9 Å². The molecule has 0 aliphatic carbocycles. The molecule has 0 fully saturated rings. The number of nitrogens with zero attached hydrogens (tertiary/aromatic N) is 2. The highest BCUT2D eigenvalue weighted by atomic mass is 19.1. The molecular formula is C28H33F2N5O4. The van der Waals surface area contributed by atoms with Crippen LogP contribution in [0.2, 0.25) is 0 Å². The summed E-state index contributed by atoms with van der Waals surface area (Å²) in [6.45, 7) is 4.83. The number of hydrogen-bond acceptors (Lipinski definition) is 6. The van der Waals surface area contributed by atoms with Crippen molar-refractivity contribution in [2.24, 2.45) is 5.73 Å². The van der Waals surface area contributed by atoms with Crippen LogP contribution in [0.4, 0.5) is 14.6 Å². The molecule has 0 saturated heterocycles. The van der Waals surface area contributed by atoms with Crippen LogP contribution < -0.4 is 16.4 Å². The molecule has 1 aromatic heterocycles. The van der Waals surface area contributed by atoms with Crippen molar-refractivity contribution in [2.75, 3.05) is 11.9 Å². The third-order valence-electron chi connectivity index (χ3n) is 5.91. The van der Waals surface area contributed by atoms with E-state index in [1.54, 1.807) is 13.8 Å². The van der Waals surface area contributed by atoms with Crippen LogP contribution in [0.25, 0.3) is 0 Å². The zero-order chi connectivity index (χ0) is 28.6. The number of rotatable bonds is 13. The summed E-state index contributed by atoms with van der Waals surface area (Å²) in [4.78, 5) is 41.7. The Morgan fingerprint density at radius 1 is 1.13 bits per heavy atom. The average Bonchev–Trinajstić information content (AvgIpc) is 3.31. The second-order valence-corrected chi connectivity index (χ2v) is 9.92. The van der Waals surface area contributed by atoms with Gasteiger partial charge in [0, 0.05) is 25.1 Å². The van der Waals surface area contributed by atoms with Gasteiger partial charge < -0.3 is 25.7 Å². The van der Waals surface area contributed by atoms with Gasteiger partial charge in [0.05, 0.1) is 37.2 Å². The molecule has 9 nitrogen and oxygen atoms in total. The van der Waals surface area contributed by atoms with E-state index >= 15 is 0 Å². The fourth-order valence-corrected chi connectivity index (χ4v) is 3.76. The SMILES string of the molecule is CC(=O)C(Cc1ccc(F)cc1F)n1cnc(NC(=O)C[C@@H](COCc2ccccc2)NC(=O)C(C)(C)N)c1. The van der Waals surface area contributed by atoms with E-state index in [1.807, 2.05) is 30.3 Å². The normalized spacial score (nSPS) is 13.0. The van der Waals surface area contributed by atoms with Crippen LogP contribution in [0.3, 0.4) is 0 Å². The Hall–Kier alpha value is -3.96. The number of imidazole rings is 1. The highest BCUT2D eigenvalue weighted by Gasteiger charge is 2.26. The van der Waals surface area contributed by atoms with Crippen molar-refractivity contribution >= 4 is 23.4 Å². The quantitative estimate of drug-likeness (QED) is 0.305. The van der Waals surface area contributed by atoms with Gasteiger partial charge in [-0.05, 0) is 38.0 Å². The molecule has 0 saturated carbocycles.